The highest BCUT2D eigenvalue weighted by Crippen LogP contribution is 2.48. The average molecular weight is 807 g/mol. The summed E-state index contributed by atoms with van der Waals surface area (Å²) in [4.78, 5) is 0. The molecule has 0 saturated carbocycles. The zero-order valence-electron chi connectivity index (χ0n) is 24.1. The number of hydrogen-bond donors (Lipinski definition) is 0. The molecule has 0 aromatic heterocycles. The Hall–Kier alpha value is 1.10. The van der Waals surface area contributed by atoms with E-state index < -0.39 is 0 Å². The topological polar surface area (TPSA) is 113 Å². The average Bonchev–Trinajstić information content (AvgIpc) is 3.73. The summed E-state index contributed by atoms with van der Waals surface area (Å²) in [7, 11) is 0. The van der Waals surface area contributed by atoms with Gasteiger partial charge in [-0.05, 0) is 75.5 Å². The molecule has 0 aromatic carbocycles. The van der Waals surface area contributed by atoms with Crippen molar-refractivity contribution in [3.05, 3.63) is 0 Å². The molecule has 0 radical (unpaired) electrons. The van der Waals surface area contributed by atoms with Gasteiger partial charge in [-0.2, -0.15) is 0 Å². The van der Waals surface area contributed by atoms with Gasteiger partial charge in [0.15, 0.2) is 0 Å². The van der Waals surface area contributed by atoms with E-state index in [1.165, 1.54) is 64.2 Å². The lowest BCUT2D eigenvalue weighted by Crippen LogP contribution is -2.29. The summed E-state index contributed by atoms with van der Waals surface area (Å²) in [5.74, 6) is 0.771. The van der Waals surface area contributed by atoms with E-state index in [0.29, 0.717) is 60.4 Å². The predicted octanol–water partition coefficient (Wildman–Crippen LogP) is 4.82. The molecule has 9 atom stereocenters. The molecule has 9 aliphatic rings. The van der Waals surface area contributed by atoms with Crippen molar-refractivity contribution in [1.82, 2.24) is 0 Å². The third-order valence-electron chi connectivity index (χ3n) is 9.10. The van der Waals surface area contributed by atoms with Gasteiger partial charge in [-0.25, -0.2) is 0 Å². The SMILES string of the molecule is C(CC1CO1)CC1CO1.C1OC1CC(CC1CO1)(CC1CO1)CC1CO1.C1OC1CC(CC1CO1)CC1CO1.II. The Balaban J connectivity index is 0.000000112. The van der Waals surface area contributed by atoms with Crippen LogP contribution in [-0.2, 0) is 42.6 Å². The second-order valence-corrected chi connectivity index (χ2v) is 13.4. The predicted molar refractivity (Wildman–Crippen MR) is 168 cm³/mol. The maximum absolute atomic E-state index is 5.45. The van der Waals surface area contributed by atoms with Crippen LogP contribution in [0.2, 0.25) is 0 Å². The number of ether oxygens (including phenoxy) is 9. The van der Waals surface area contributed by atoms with Crippen LogP contribution in [0.3, 0.4) is 0 Å². The Morgan fingerprint density at radius 2 is 0.659 bits per heavy atom. The molecule has 9 saturated heterocycles. The van der Waals surface area contributed by atoms with E-state index in [1.54, 1.807) is 0 Å². The van der Waals surface area contributed by atoms with Crippen molar-refractivity contribution in [2.45, 2.75) is 119 Å². The lowest BCUT2D eigenvalue weighted by atomic mass is 9.72. The molecule has 9 aliphatic heterocycles. The molecule has 0 aromatic rings. The minimum absolute atomic E-state index is 0.338. The van der Waals surface area contributed by atoms with Crippen LogP contribution in [0.5, 0.6) is 0 Å². The van der Waals surface area contributed by atoms with Gasteiger partial charge in [0.2, 0.25) is 0 Å². The van der Waals surface area contributed by atoms with Gasteiger partial charge in [0.1, 0.15) is 0 Å². The third kappa shape index (κ3) is 14.4. The van der Waals surface area contributed by atoms with Crippen LogP contribution < -0.4 is 0 Å². The monoisotopic (exact) mass is 806 g/mol. The summed E-state index contributed by atoms with van der Waals surface area (Å²) in [5.41, 5.74) is 0.338. The molecule has 0 N–H and O–H groups in total. The lowest BCUT2D eigenvalue weighted by Gasteiger charge is -2.32. The summed E-state index contributed by atoms with van der Waals surface area (Å²) in [6, 6.07) is 0. The molecule has 9 heterocycles. The van der Waals surface area contributed by atoms with E-state index in [9.17, 15) is 0 Å². The molecular formula is C30H48I2O9. The first-order valence-corrected chi connectivity index (χ1v) is 22.1. The third-order valence-corrected chi connectivity index (χ3v) is 9.10. The van der Waals surface area contributed by atoms with Crippen LogP contribution >= 0.6 is 37.2 Å². The van der Waals surface area contributed by atoms with E-state index in [2.05, 4.69) is 37.2 Å². The molecule has 41 heavy (non-hydrogen) atoms. The Morgan fingerprint density at radius 1 is 0.415 bits per heavy atom. The van der Waals surface area contributed by atoms with E-state index in [0.717, 1.165) is 65.4 Å². The molecule has 0 bridgehead atoms. The molecule has 11 heteroatoms. The van der Waals surface area contributed by atoms with Crippen molar-refractivity contribution in [1.29, 1.82) is 0 Å². The normalized spacial score (nSPS) is 41.0. The lowest BCUT2D eigenvalue weighted by molar-refractivity contribution is 0.129. The number of epoxide rings is 9. The second kappa shape index (κ2) is 15.6. The molecule has 236 valence electrons. The van der Waals surface area contributed by atoms with Gasteiger partial charge in [0.05, 0.1) is 114 Å². The zero-order valence-corrected chi connectivity index (χ0v) is 28.5. The van der Waals surface area contributed by atoms with Gasteiger partial charge in [-0.15, -0.1) is 0 Å². The van der Waals surface area contributed by atoms with Crippen molar-refractivity contribution in [3.8, 4) is 0 Å². The highest BCUT2D eigenvalue weighted by Gasteiger charge is 2.48. The fourth-order valence-electron chi connectivity index (χ4n) is 6.23. The first-order valence-electron chi connectivity index (χ1n) is 15.8. The van der Waals surface area contributed by atoms with Crippen LogP contribution in [0, 0.1) is 11.3 Å². The van der Waals surface area contributed by atoms with Gasteiger partial charge >= 0.3 is 0 Å². The maximum Gasteiger partial charge on any atom is 0.0815 e. The quantitative estimate of drug-likeness (QED) is 0.142. The first kappa shape index (κ1) is 32.1. The Bertz CT molecular complexity index is 665. The molecular weight excluding hydrogens is 758 g/mol. The number of rotatable bonds is 18. The summed E-state index contributed by atoms with van der Waals surface area (Å²) in [5, 5.41) is 0. The number of halogens is 2. The highest BCUT2D eigenvalue weighted by atomic mass is 128. The molecule has 0 amide bonds. The van der Waals surface area contributed by atoms with Crippen LogP contribution in [0.1, 0.15) is 64.2 Å². The minimum atomic E-state index is 0.338. The van der Waals surface area contributed by atoms with Gasteiger partial charge in [0.25, 0.3) is 0 Å². The maximum atomic E-state index is 5.45. The first-order chi connectivity index (χ1) is 20.2. The van der Waals surface area contributed by atoms with E-state index in [1.807, 2.05) is 0 Å². The van der Waals surface area contributed by atoms with Crippen LogP contribution in [-0.4, -0.2) is 114 Å². The Morgan fingerprint density at radius 3 is 0.878 bits per heavy atom. The smallest absolute Gasteiger partial charge is 0.0815 e. The summed E-state index contributed by atoms with van der Waals surface area (Å²) in [6.45, 7) is 8.75. The largest absolute Gasteiger partial charge is 0.373 e. The van der Waals surface area contributed by atoms with Gasteiger partial charge < -0.3 is 42.6 Å². The van der Waals surface area contributed by atoms with Crippen molar-refractivity contribution < 1.29 is 42.6 Å². The van der Waals surface area contributed by atoms with Gasteiger partial charge in [-0.3, -0.25) is 0 Å². The van der Waals surface area contributed by atoms with Crippen LogP contribution in [0.4, 0.5) is 0 Å². The van der Waals surface area contributed by atoms with Gasteiger partial charge in [-0.1, -0.05) is 0 Å². The molecule has 0 aliphatic carbocycles. The Labute approximate surface area is 268 Å². The number of hydrogen-bond acceptors (Lipinski definition) is 9. The van der Waals surface area contributed by atoms with Crippen LogP contribution in [0.15, 0.2) is 0 Å². The molecule has 0 spiro atoms. The summed E-state index contributed by atoms with van der Waals surface area (Å²) < 4.78 is 47.7. The van der Waals surface area contributed by atoms with Gasteiger partial charge in [0, 0.05) is 37.2 Å². The van der Waals surface area contributed by atoms with E-state index in [-0.39, 0.29) is 0 Å². The van der Waals surface area contributed by atoms with Crippen molar-refractivity contribution in [3.63, 3.8) is 0 Å². The zero-order chi connectivity index (χ0) is 28.1. The fourth-order valence-corrected chi connectivity index (χ4v) is 6.23. The summed E-state index contributed by atoms with van der Waals surface area (Å²) in [6.07, 6.45) is 17.0. The molecule has 9 nitrogen and oxygen atoms in total. The standard InChI is InChI=1S/C13H20O4.C10H16O3.C7H12O2.I2/c1(9-5-14-9)13(2-10-6-15-10,3-11-7-16-11)4-12-8-17-12;1(8-4-11-8)7(2-9-5-12-9)3-10-6-13-10;1(2-6-4-8-6)3-7-5-9-7;1-2/h9-12H,1-8H2;7-10H,1-6H2;6-7H,1-5H2;. The molecule has 9 rings (SSSR count). The van der Waals surface area contributed by atoms with Crippen LogP contribution in [0.25, 0.3) is 0 Å². The molecule has 9 unspecified atom stereocenters. The highest BCUT2D eigenvalue weighted by molar-refractivity contribution is 15.0. The van der Waals surface area contributed by atoms with Crippen molar-refractivity contribution in [2.24, 2.45) is 11.3 Å². The van der Waals surface area contributed by atoms with Crippen molar-refractivity contribution in [2.75, 3.05) is 59.5 Å². The van der Waals surface area contributed by atoms with E-state index >= 15 is 0 Å². The van der Waals surface area contributed by atoms with Crippen molar-refractivity contribution >= 4 is 37.2 Å². The Kier molecular flexibility index (Phi) is 12.2. The minimum Gasteiger partial charge on any atom is -0.373 e. The fraction of sp³-hybridized carbons (Fsp3) is 1.00. The summed E-state index contributed by atoms with van der Waals surface area (Å²) >= 11 is 4.24. The molecule has 9 fully saturated rings. The second-order valence-electron chi connectivity index (χ2n) is 13.4. The van der Waals surface area contributed by atoms with E-state index in [4.69, 9.17) is 42.6 Å².